The van der Waals surface area contributed by atoms with Crippen molar-refractivity contribution >= 4 is 0 Å². The molecule has 1 aromatic carbocycles. The zero-order chi connectivity index (χ0) is 12.7. The monoisotopic (exact) mass is 245 g/mol. The molecule has 3 rings (SSSR count). The Bertz CT molecular complexity index is 659. The molecule has 3 nitrogen and oxygen atoms in total. The maximum atomic E-state index is 13.3. The van der Waals surface area contributed by atoms with Crippen LogP contribution in [0.3, 0.4) is 0 Å². The Labute approximate surface area is 103 Å². The maximum absolute atomic E-state index is 13.3. The highest BCUT2D eigenvalue weighted by Crippen LogP contribution is 2.44. The number of hydrogen-bond donors (Lipinski definition) is 2. The molecule has 0 amide bonds. The number of phenols is 1. The zero-order valence-electron chi connectivity index (χ0n) is 9.61. The van der Waals surface area contributed by atoms with Crippen molar-refractivity contribution in [3.63, 3.8) is 0 Å². The second-order valence-corrected chi connectivity index (χ2v) is 4.59. The van der Waals surface area contributed by atoms with Crippen molar-refractivity contribution in [2.75, 3.05) is 0 Å². The molecular formula is C14H12FNO2. The van der Waals surface area contributed by atoms with Gasteiger partial charge in [-0.1, -0.05) is 0 Å². The van der Waals surface area contributed by atoms with Crippen LogP contribution < -0.4 is 5.56 Å². The molecule has 1 aliphatic rings. The smallest absolute Gasteiger partial charge is 0.248 e. The van der Waals surface area contributed by atoms with Crippen LogP contribution in [0.1, 0.15) is 24.5 Å². The molecule has 1 aliphatic carbocycles. The molecule has 1 saturated carbocycles. The number of aromatic hydroxyl groups is 1. The lowest BCUT2D eigenvalue weighted by molar-refractivity contribution is 0.475. The molecule has 0 bridgehead atoms. The van der Waals surface area contributed by atoms with Crippen LogP contribution in [-0.4, -0.2) is 10.1 Å². The third kappa shape index (κ3) is 1.90. The predicted octanol–water partition coefficient (Wildman–Crippen LogP) is 2.76. The van der Waals surface area contributed by atoms with E-state index in [2.05, 4.69) is 4.98 Å². The fraction of sp³-hybridized carbons (Fsp3) is 0.214. The largest absolute Gasteiger partial charge is 0.507 e. The lowest BCUT2D eigenvalue weighted by Gasteiger charge is -2.10. The molecule has 0 aliphatic heterocycles. The van der Waals surface area contributed by atoms with E-state index in [0.29, 0.717) is 17.0 Å². The second kappa shape index (κ2) is 3.98. The van der Waals surface area contributed by atoms with E-state index < -0.39 is 5.82 Å². The molecule has 2 aromatic rings. The highest BCUT2D eigenvalue weighted by molar-refractivity contribution is 5.72. The van der Waals surface area contributed by atoms with Crippen molar-refractivity contribution in [1.82, 2.24) is 4.98 Å². The SMILES string of the molecule is O=c1ccc(-c2cc(F)ccc2O)c(C2CC2)[nH]1. The fourth-order valence-electron chi connectivity index (χ4n) is 2.14. The van der Waals surface area contributed by atoms with Crippen LogP contribution >= 0.6 is 0 Å². The van der Waals surface area contributed by atoms with Crippen LogP contribution in [0, 0.1) is 5.82 Å². The summed E-state index contributed by atoms with van der Waals surface area (Å²) in [5.41, 5.74) is 1.75. The van der Waals surface area contributed by atoms with E-state index >= 15 is 0 Å². The van der Waals surface area contributed by atoms with Crippen molar-refractivity contribution < 1.29 is 9.50 Å². The molecule has 0 saturated heterocycles. The molecule has 92 valence electrons. The number of halogens is 1. The van der Waals surface area contributed by atoms with Crippen LogP contribution in [0.4, 0.5) is 4.39 Å². The average molecular weight is 245 g/mol. The third-order valence-corrected chi connectivity index (χ3v) is 3.18. The molecule has 0 spiro atoms. The Kier molecular flexibility index (Phi) is 2.44. The first-order valence-corrected chi connectivity index (χ1v) is 5.87. The van der Waals surface area contributed by atoms with Gasteiger partial charge < -0.3 is 10.1 Å². The van der Waals surface area contributed by atoms with E-state index in [1.165, 1.54) is 24.3 Å². The summed E-state index contributed by atoms with van der Waals surface area (Å²) in [7, 11) is 0. The Morgan fingerprint density at radius 2 is 1.94 bits per heavy atom. The summed E-state index contributed by atoms with van der Waals surface area (Å²) in [4.78, 5) is 14.2. The van der Waals surface area contributed by atoms with Crippen LogP contribution in [0.2, 0.25) is 0 Å². The van der Waals surface area contributed by atoms with Gasteiger partial charge >= 0.3 is 0 Å². The summed E-state index contributed by atoms with van der Waals surface area (Å²) in [6.07, 6.45) is 2.03. The van der Waals surface area contributed by atoms with Crippen molar-refractivity contribution in [3.8, 4) is 16.9 Å². The molecule has 18 heavy (non-hydrogen) atoms. The van der Waals surface area contributed by atoms with Crippen molar-refractivity contribution in [1.29, 1.82) is 0 Å². The molecule has 2 N–H and O–H groups in total. The van der Waals surface area contributed by atoms with Gasteiger partial charge in [0.2, 0.25) is 5.56 Å². The van der Waals surface area contributed by atoms with Gasteiger partial charge in [0.25, 0.3) is 0 Å². The highest BCUT2D eigenvalue weighted by Gasteiger charge is 2.28. The fourth-order valence-corrected chi connectivity index (χ4v) is 2.14. The van der Waals surface area contributed by atoms with E-state index in [1.54, 1.807) is 6.07 Å². The third-order valence-electron chi connectivity index (χ3n) is 3.18. The highest BCUT2D eigenvalue weighted by atomic mass is 19.1. The van der Waals surface area contributed by atoms with Gasteiger partial charge in [0.1, 0.15) is 11.6 Å². The maximum Gasteiger partial charge on any atom is 0.248 e. The Morgan fingerprint density at radius 1 is 1.17 bits per heavy atom. The summed E-state index contributed by atoms with van der Waals surface area (Å²) >= 11 is 0. The predicted molar refractivity (Wildman–Crippen MR) is 66.1 cm³/mol. The Hall–Kier alpha value is -2.10. The van der Waals surface area contributed by atoms with Crippen molar-refractivity contribution in [2.45, 2.75) is 18.8 Å². The minimum Gasteiger partial charge on any atom is -0.507 e. The van der Waals surface area contributed by atoms with Gasteiger partial charge in [-0.05, 0) is 43.0 Å². The van der Waals surface area contributed by atoms with Crippen LogP contribution in [0.5, 0.6) is 5.75 Å². The van der Waals surface area contributed by atoms with Crippen LogP contribution in [0.25, 0.3) is 11.1 Å². The summed E-state index contributed by atoms with van der Waals surface area (Å²) in [6, 6.07) is 6.86. The van der Waals surface area contributed by atoms with Crippen molar-refractivity contribution in [3.05, 3.63) is 52.2 Å². The minimum atomic E-state index is -0.407. The van der Waals surface area contributed by atoms with E-state index in [-0.39, 0.29) is 11.3 Å². The molecule has 0 unspecified atom stereocenters. The van der Waals surface area contributed by atoms with Gasteiger partial charge in [0.05, 0.1) is 0 Å². The van der Waals surface area contributed by atoms with Crippen LogP contribution in [-0.2, 0) is 0 Å². The minimum absolute atomic E-state index is 0.0188. The number of benzene rings is 1. The average Bonchev–Trinajstić information content (AvgIpc) is 3.16. The first-order chi connectivity index (χ1) is 8.65. The topological polar surface area (TPSA) is 53.1 Å². The molecule has 0 radical (unpaired) electrons. The molecule has 0 atom stereocenters. The summed E-state index contributed by atoms with van der Waals surface area (Å²) in [6.45, 7) is 0. The van der Waals surface area contributed by atoms with Crippen molar-refractivity contribution in [2.24, 2.45) is 0 Å². The Morgan fingerprint density at radius 3 is 2.67 bits per heavy atom. The van der Waals surface area contributed by atoms with E-state index in [1.807, 2.05) is 0 Å². The lowest BCUT2D eigenvalue weighted by Crippen LogP contribution is -2.07. The molecule has 1 fully saturated rings. The number of pyridine rings is 1. The lowest BCUT2D eigenvalue weighted by atomic mass is 10.0. The first-order valence-electron chi connectivity index (χ1n) is 5.87. The Balaban J connectivity index is 2.21. The summed E-state index contributed by atoms with van der Waals surface area (Å²) < 4.78 is 13.3. The van der Waals surface area contributed by atoms with E-state index in [0.717, 1.165) is 18.5 Å². The van der Waals surface area contributed by atoms with Crippen LogP contribution in [0.15, 0.2) is 35.1 Å². The normalized spacial score (nSPS) is 14.7. The number of hydrogen-bond acceptors (Lipinski definition) is 2. The van der Waals surface area contributed by atoms with Gasteiger partial charge in [-0.3, -0.25) is 4.79 Å². The number of nitrogens with one attached hydrogen (secondary N) is 1. The molecule has 1 heterocycles. The number of H-pyrrole nitrogens is 1. The number of phenolic OH excluding ortho intramolecular Hbond substituents is 1. The number of rotatable bonds is 2. The van der Waals surface area contributed by atoms with Gasteiger partial charge in [0, 0.05) is 22.9 Å². The van der Waals surface area contributed by atoms with Gasteiger partial charge in [-0.2, -0.15) is 0 Å². The second-order valence-electron chi connectivity index (χ2n) is 4.59. The number of aromatic amines is 1. The van der Waals surface area contributed by atoms with E-state index in [9.17, 15) is 14.3 Å². The molecular weight excluding hydrogens is 233 g/mol. The standard InChI is InChI=1S/C14H12FNO2/c15-9-3-5-12(17)11(7-9)10-4-6-13(18)16-14(10)8-1-2-8/h3-8,17H,1-2H2,(H,16,18). The molecule has 4 heteroatoms. The summed E-state index contributed by atoms with van der Waals surface area (Å²) in [5.74, 6) is -0.0716. The van der Waals surface area contributed by atoms with Gasteiger partial charge in [-0.15, -0.1) is 0 Å². The van der Waals surface area contributed by atoms with Gasteiger partial charge in [0.15, 0.2) is 0 Å². The zero-order valence-corrected chi connectivity index (χ0v) is 9.61. The quantitative estimate of drug-likeness (QED) is 0.854. The number of aromatic nitrogens is 1. The van der Waals surface area contributed by atoms with E-state index in [4.69, 9.17) is 0 Å². The first kappa shape index (κ1) is 11.0. The summed E-state index contributed by atoms with van der Waals surface area (Å²) in [5, 5.41) is 9.83. The molecule has 1 aromatic heterocycles. The van der Waals surface area contributed by atoms with Gasteiger partial charge in [-0.25, -0.2) is 4.39 Å².